The van der Waals surface area contributed by atoms with Crippen molar-refractivity contribution in [1.82, 2.24) is 15.0 Å². The molecule has 106 valence electrons. The topological polar surface area (TPSA) is 38.7 Å². The van der Waals surface area contributed by atoms with Crippen molar-refractivity contribution in [1.29, 1.82) is 0 Å². The molecule has 0 saturated carbocycles. The van der Waals surface area contributed by atoms with Gasteiger partial charge in [-0.15, -0.1) is 0 Å². The molecule has 0 saturated heterocycles. The van der Waals surface area contributed by atoms with Crippen molar-refractivity contribution in [2.75, 3.05) is 0 Å². The van der Waals surface area contributed by atoms with Crippen molar-refractivity contribution in [3.63, 3.8) is 0 Å². The molecule has 6 heteroatoms. The quantitative estimate of drug-likeness (QED) is 0.692. The van der Waals surface area contributed by atoms with Gasteiger partial charge >= 0.3 is 0 Å². The number of nitrogens with zero attached hydrogens (tertiary/aromatic N) is 3. The van der Waals surface area contributed by atoms with Crippen molar-refractivity contribution < 1.29 is 0 Å². The highest BCUT2D eigenvalue weighted by atomic mass is 79.9. The van der Waals surface area contributed by atoms with Crippen LogP contribution in [-0.4, -0.2) is 15.0 Å². The van der Waals surface area contributed by atoms with Gasteiger partial charge in [-0.05, 0) is 46.7 Å². The number of hydrogen-bond acceptors (Lipinski definition) is 4. The van der Waals surface area contributed by atoms with Gasteiger partial charge in [0, 0.05) is 17.2 Å². The standard InChI is InChI=1S/C14H15BrClN3S/c1-8-10(16)18-13(14(2,3)4)19-11(8)20-12-9(15)6-5-7-17-12/h5-7H,1-4H3. The average Bonchev–Trinajstić information content (AvgIpc) is 2.36. The third kappa shape index (κ3) is 3.51. The van der Waals surface area contributed by atoms with Crippen molar-refractivity contribution >= 4 is 39.3 Å². The van der Waals surface area contributed by atoms with E-state index in [1.807, 2.05) is 19.1 Å². The molecule has 2 rings (SSSR count). The number of aromatic nitrogens is 3. The van der Waals surface area contributed by atoms with Crippen LogP contribution in [0.2, 0.25) is 5.15 Å². The van der Waals surface area contributed by atoms with Crippen LogP contribution in [0, 0.1) is 6.92 Å². The molecule has 0 bridgehead atoms. The summed E-state index contributed by atoms with van der Waals surface area (Å²) in [7, 11) is 0. The van der Waals surface area contributed by atoms with Crippen LogP contribution in [0.15, 0.2) is 32.9 Å². The lowest BCUT2D eigenvalue weighted by atomic mass is 9.96. The summed E-state index contributed by atoms with van der Waals surface area (Å²) in [6, 6.07) is 3.84. The Kier molecular flexibility index (Phi) is 4.72. The molecular weight excluding hydrogens is 358 g/mol. The Morgan fingerprint density at radius 2 is 1.90 bits per heavy atom. The summed E-state index contributed by atoms with van der Waals surface area (Å²) in [4.78, 5) is 13.4. The van der Waals surface area contributed by atoms with E-state index >= 15 is 0 Å². The third-order valence-electron chi connectivity index (χ3n) is 2.63. The minimum absolute atomic E-state index is 0.145. The maximum Gasteiger partial charge on any atom is 0.136 e. The number of halogens is 2. The summed E-state index contributed by atoms with van der Waals surface area (Å²) in [5, 5.41) is 2.21. The fourth-order valence-electron chi connectivity index (χ4n) is 1.44. The van der Waals surface area contributed by atoms with E-state index in [0.29, 0.717) is 5.15 Å². The maximum absolute atomic E-state index is 6.23. The Labute approximate surface area is 136 Å². The van der Waals surface area contributed by atoms with E-state index in [1.54, 1.807) is 6.20 Å². The largest absolute Gasteiger partial charge is 0.248 e. The monoisotopic (exact) mass is 371 g/mol. The normalized spacial score (nSPS) is 11.7. The first-order valence-electron chi connectivity index (χ1n) is 6.12. The molecule has 0 unspecified atom stereocenters. The first-order valence-corrected chi connectivity index (χ1v) is 8.11. The molecule has 2 heterocycles. The second kappa shape index (κ2) is 6.00. The van der Waals surface area contributed by atoms with E-state index < -0.39 is 0 Å². The molecule has 2 aromatic rings. The predicted molar refractivity (Wildman–Crippen MR) is 86.5 cm³/mol. The molecule has 0 N–H and O–H groups in total. The lowest BCUT2D eigenvalue weighted by molar-refractivity contribution is 0.537. The van der Waals surface area contributed by atoms with Gasteiger partial charge in [0.2, 0.25) is 0 Å². The summed E-state index contributed by atoms with van der Waals surface area (Å²) in [5.74, 6) is 0.739. The molecule has 0 spiro atoms. The summed E-state index contributed by atoms with van der Waals surface area (Å²) in [6.07, 6.45) is 1.76. The highest BCUT2D eigenvalue weighted by Crippen LogP contribution is 2.35. The SMILES string of the molecule is Cc1c(Cl)nc(C(C)(C)C)nc1Sc1ncccc1Br. The van der Waals surface area contributed by atoms with Gasteiger partial charge in [0.15, 0.2) is 0 Å². The van der Waals surface area contributed by atoms with E-state index in [1.165, 1.54) is 11.8 Å². The highest BCUT2D eigenvalue weighted by molar-refractivity contribution is 9.10. The van der Waals surface area contributed by atoms with E-state index in [9.17, 15) is 0 Å². The lowest BCUT2D eigenvalue weighted by Gasteiger charge is -2.18. The highest BCUT2D eigenvalue weighted by Gasteiger charge is 2.21. The number of pyridine rings is 1. The van der Waals surface area contributed by atoms with Crippen LogP contribution in [0.25, 0.3) is 0 Å². The first kappa shape index (κ1) is 15.7. The molecular formula is C14H15BrClN3S. The molecule has 0 atom stereocenters. The van der Waals surface area contributed by atoms with Gasteiger partial charge in [-0.3, -0.25) is 0 Å². The summed E-state index contributed by atoms with van der Waals surface area (Å²) in [6.45, 7) is 8.13. The summed E-state index contributed by atoms with van der Waals surface area (Å²) in [5.41, 5.74) is 0.732. The van der Waals surface area contributed by atoms with Crippen molar-refractivity contribution in [3.05, 3.63) is 39.3 Å². The van der Waals surface area contributed by atoms with Crippen LogP contribution in [0.4, 0.5) is 0 Å². The minimum atomic E-state index is -0.145. The zero-order valence-electron chi connectivity index (χ0n) is 11.7. The van der Waals surface area contributed by atoms with Gasteiger partial charge < -0.3 is 0 Å². The molecule has 20 heavy (non-hydrogen) atoms. The Bertz CT molecular complexity index is 641. The number of rotatable bonds is 2. The molecule has 0 radical (unpaired) electrons. The Morgan fingerprint density at radius 1 is 1.20 bits per heavy atom. The number of hydrogen-bond donors (Lipinski definition) is 0. The van der Waals surface area contributed by atoms with Crippen LogP contribution in [0.1, 0.15) is 32.2 Å². The Morgan fingerprint density at radius 3 is 2.50 bits per heavy atom. The zero-order chi connectivity index (χ0) is 14.9. The fraction of sp³-hybridized carbons (Fsp3) is 0.357. The zero-order valence-corrected chi connectivity index (χ0v) is 14.9. The van der Waals surface area contributed by atoms with Crippen molar-refractivity contribution in [3.8, 4) is 0 Å². The van der Waals surface area contributed by atoms with Crippen molar-refractivity contribution in [2.45, 2.75) is 43.2 Å². The molecule has 2 aromatic heterocycles. The van der Waals surface area contributed by atoms with E-state index in [0.717, 1.165) is 25.9 Å². The smallest absolute Gasteiger partial charge is 0.136 e. The second-order valence-corrected chi connectivity index (χ2v) is 7.60. The lowest BCUT2D eigenvalue weighted by Crippen LogP contribution is -2.17. The average molecular weight is 373 g/mol. The van der Waals surface area contributed by atoms with Gasteiger partial charge in [0.1, 0.15) is 21.0 Å². The molecule has 3 nitrogen and oxygen atoms in total. The van der Waals surface area contributed by atoms with Crippen LogP contribution >= 0.6 is 39.3 Å². The van der Waals surface area contributed by atoms with Gasteiger partial charge in [-0.25, -0.2) is 15.0 Å². The predicted octanol–water partition coefficient (Wildman–Crippen LogP) is 5.04. The van der Waals surface area contributed by atoms with Crippen LogP contribution < -0.4 is 0 Å². The minimum Gasteiger partial charge on any atom is -0.248 e. The molecule has 0 amide bonds. The molecule has 0 fully saturated rings. The molecule has 0 aliphatic rings. The van der Waals surface area contributed by atoms with Crippen LogP contribution in [0.5, 0.6) is 0 Å². The summed E-state index contributed by atoms with van der Waals surface area (Å²) >= 11 is 11.2. The van der Waals surface area contributed by atoms with Crippen molar-refractivity contribution in [2.24, 2.45) is 0 Å². The molecule has 0 aromatic carbocycles. The second-order valence-electron chi connectivity index (χ2n) is 5.41. The van der Waals surface area contributed by atoms with Crippen LogP contribution in [0.3, 0.4) is 0 Å². The Balaban J connectivity index is 2.46. The molecule has 0 aliphatic carbocycles. The van der Waals surface area contributed by atoms with Gasteiger partial charge in [0.25, 0.3) is 0 Å². The first-order chi connectivity index (χ1) is 9.29. The van der Waals surface area contributed by atoms with Crippen LogP contribution in [-0.2, 0) is 5.41 Å². The summed E-state index contributed by atoms with van der Waals surface area (Å²) < 4.78 is 0.941. The van der Waals surface area contributed by atoms with Gasteiger partial charge in [0.05, 0.1) is 4.47 Å². The molecule has 0 aliphatic heterocycles. The van der Waals surface area contributed by atoms with E-state index in [2.05, 4.69) is 51.7 Å². The van der Waals surface area contributed by atoms with E-state index in [4.69, 9.17) is 11.6 Å². The van der Waals surface area contributed by atoms with Gasteiger partial charge in [-0.2, -0.15) is 0 Å². The maximum atomic E-state index is 6.23. The van der Waals surface area contributed by atoms with E-state index in [-0.39, 0.29) is 5.41 Å². The third-order valence-corrected chi connectivity index (χ3v) is 5.01. The fourth-order valence-corrected chi connectivity index (χ4v) is 3.01. The Hall–Kier alpha value is -0.650. The van der Waals surface area contributed by atoms with Gasteiger partial charge in [-0.1, -0.05) is 32.4 Å².